The number of rotatable bonds is 5. The molecule has 1 aromatic rings. The molecule has 1 N–H and O–H groups in total. The molecule has 0 aliphatic carbocycles. The van der Waals surface area contributed by atoms with Gasteiger partial charge in [0.05, 0.1) is 11.0 Å². The third-order valence-electron chi connectivity index (χ3n) is 3.17. The van der Waals surface area contributed by atoms with E-state index in [2.05, 4.69) is 4.72 Å². The van der Waals surface area contributed by atoms with Crippen LogP contribution in [0.15, 0.2) is 29.2 Å². The largest absolute Gasteiger partial charge is 0.378 e. The number of benzene rings is 1. The Morgan fingerprint density at radius 3 is 2.83 bits per heavy atom. The van der Waals surface area contributed by atoms with Crippen LogP contribution >= 0.6 is 0 Å². The maximum atomic E-state index is 12.1. The second kappa shape index (κ2) is 5.82. The van der Waals surface area contributed by atoms with Crippen LogP contribution in [-0.2, 0) is 14.8 Å². The van der Waals surface area contributed by atoms with Crippen molar-refractivity contribution in [3.63, 3.8) is 0 Å². The van der Waals surface area contributed by atoms with Crippen LogP contribution in [0.4, 0.5) is 0 Å². The summed E-state index contributed by atoms with van der Waals surface area (Å²) in [4.78, 5) is 0.359. The third kappa shape index (κ3) is 3.31. The first kappa shape index (κ1) is 13.5. The highest BCUT2D eigenvalue weighted by atomic mass is 32.2. The average Bonchev–Trinajstić information content (AvgIpc) is 2.82. The van der Waals surface area contributed by atoms with Crippen LogP contribution in [0.25, 0.3) is 0 Å². The summed E-state index contributed by atoms with van der Waals surface area (Å²) in [6, 6.07) is 7.00. The second-order valence-corrected chi connectivity index (χ2v) is 6.32. The standard InChI is InChI=1S/C13H19NO3S/c1-11-5-2-3-7-13(11)18(15,16)14-9-8-12-6-4-10-17-12/h2-3,5,7,12,14H,4,6,8-10H2,1H3. The molecule has 1 aromatic carbocycles. The van der Waals surface area contributed by atoms with Crippen LogP contribution in [0.2, 0.25) is 0 Å². The molecule has 1 atom stereocenters. The number of aryl methyl sites for hydroxylation is 1. The van der Waals surface area contributed by atoms with Gasteiger partial charge in [-0.25, -0.2) is 13.1 Å². The zero-order chi connectivity index (χ0) is 13.0. The van der Waals surface area contributed by atoms with Gasteiger partial charge >= 0.3 is 0 Å². The summed E-state index contributed by atoms with van der Waals surface area (Å²) in [7, 11) is -3.39. The lowest BCUT2D eigenvalue weighted by Gasteiger charge is -2.11. The zero-order valence-electron chi connectivity index (χ0n) is 10.6. The van der Waals surface area contributed by atoms with Crippen molar-refractivity contribution in [2.75, 3.05) is 13.2 Å². The van der Waals surface area contributed by atoms with Crippen molar-refractivity contribution in [2.45, 2.75) is 37.2 Å². The molecule has 100 valence electrons. The highest BCUT2D eigenvalue weighted by Gasteiger charge is 2.18. The van der Waals surface area contributed by atoms with Crippen LogP contribution < -0.4 is 4.72 Å². The van der Waals surface area contributed by atoms with Crippen LogP contribution in [0, 0.1) is 6.92 Å². The van der Waals surface area contributed by atoms with Crippen LogP contribution in [0.1, 0.15) is 24.8 Å². The van der Waals surface area contributed by atoms with E-state index in [1.54, 1.807) is 25.1 Å². The molecule has 0 bridgehead atoms. The number of sulfonamides is 1. The van der Waals surface area contributed by atoms with Gasteiger partial charge < -0.3 is 4.74 Å². The van der Waals surface area contributed by atoms with E-state index in [4.69, 9.17) is 4.74 Å². The molecule has 0 radical (unpaired) electrons. The average molecular weight is 269 g/mol. The molecule has 1 unspecified atom stereocenters. The smallest absolute Gasteiger partial charge is 0.240 e. The predicted molar refractivity (Wildman–Crippen MR) is 70.0 cm³/mol. The molecule has 1 aliphatic heterocycles. The van der Waals surface area contributed by atoms with Crippen molar-refractivity contribution >= 4 is 10.0 Å². The molecule has 0 saturated carbocycles. The van der Waals surface area contributed by atoms with Crippen molar-refractivity contribution in [2.24, 2.45) is 0 Å². The van der Waals surface area contributed by atoms with Crippen LogP contribution in [-0.4, -0.2) is 27.7 Å². The van der Waals surface area contributed by atoms with E-state index in [0.29, 0.717) is 11.4 Å². The van der Waals surface area contributed by atoms with E-state index in [1.807, 2.05) is 6.07 Å². The first-order valence-corrected chi connectivity index (χ1v) is 7.75. The van der Waals surface area contributed by atoms with Gasteiger partial charge in [0.25, 0.3) is 0 Å². The van der Waals surface area contributed by atoms with E-state index in [-0.39, 0.29) is 6.10 Å². The van der Waals surface area contributed by atoms with E-state index < -0.39 is 10.0 Å². The highest BCUT2D eigenvalue weighted by molar-refractivity contribution is 7.89. The minimum absolute atomic E-state index is 0.213. The fourth-order valence-electron chi connectivity index (χ4n) is 2.16. The van der Waals surface area contributed by atoms with Crippen LogP contribution in [0.5, 0.6) is 0 Å². The Hall–Kier alpha value is -0.910. The molecular formula is C13H19NO3S. The summed E-state index contributed by atoms with van der Waals surface area (Å²) in [5, 5.41) is 0. The Bertz CT molecular complexity index is 493. The Morgan fingerprint density at radius 2 is 2.17 bits per heavy atom. The topological polar surface area (TPSA) is 55.4 Å². The van der Waals surface area contributed by atoms with Crippen molar-refractivity contribution in [1.82, 2.24) is 4.72 Å². The summed E-state index contributed by atoms with van der Waals surface area (Å²) in [6.07, 6.45) is 3.07. The molecule has 2 rings (SSSR count). The number of ether oxygens (including phenoxy) is 1. The van der Waals surface area contributed by atoms with Crippen LogP contribution in [0.3, 0.4) is 0 Å². The Labute approximate surface area is 108 Å². The summed E-state index contributed by atoms with van der Waals surface area (Å²) < 4.78 is 32.2. The number of hydrogen-bond acceptors (Lipinski definition) is 3. The van der Waals surface area contributed by atoms with Gasteiger partial charge in [-0.2, -0.15) is 0 Å². The molecule has 5 heteroatoms. The maximum Gasteiger partial charge on any atom is 0.240 e. The lowest BCUT2D eigenvalue weighted by molar-refractivity contribution is 0.105. The van der Waals surface area contributed by atoms with Gasteiger partial charge in [-0.3, -0.25) is 0 Å². The summed E-state index contributed by atoms with van der Waals surface area (Å²) >= 11 is 0. The monoisotopic (exact) mass is 269 g/mol. The first-order valence-electron chi connectivity index (χ1n) is 6.26. The van der Waals surface area contributed by atoms with Crippen molar-refractivity contribution in [1.29, 1.82) is 0 Å². The molecule has 1 fully saturated rings. The molecule has 1 aliphatic rings. The molecular weight excluding hydrogens is 250 g/mol. The fourth-order valence-corrected chi connectivity index (χ4v) is 3.45. The maximum absolute atomic E-state index is 12.1. The molecule has 0 amide bonds. The van der Waals surface area contributed by atoms with Gasteiger partial charge in [0.15, 0.2) is 0 Å². The summed E-state index contributed by atoms with van der Waals surface area (Å²) in [6.45, 7) is 3.03. The Balaban J connectivity index is 1.93. The lowest BCUT2D eigenvalue weighted by Crippen LogP contribution is -2.27. The normalized spacial score (nSPS) is 20.2. The number of hydrogen-bond donors (Lipinski definition) is 1. The van der Waals surface area contributed by atoms with Crippen molar-refractivity contribution in [3.8, 4) is 0 Å². The molecule has 0 aromatic heterocycles. The third-order valence-corrected chi connectivity index (χ3v) is 4.79. The molecule has 1 heterocycles. The van der Waals surface area contributed by atoms with Gasteiger partial charge in [0.2, 0.25) is 10.0 Å². The minimum Gasteiger partial charge on any atom is -0.378 e. The molecule has 1 saturated heterocycles. The highest BCUT2D eigenvalue weighted by Crippen LogP contribution is 2.16. The van der Waals surface area contributed by atoms with E-state index in [9.17, 15) is 8.42 Å². The molecule has 0 spiro atoms. The zero-order valence-corrected chi connectivity index (χ0v) is 11.4. The first-order chi connectivity index (χ1) is 8.59. The van der Waals surface area contributed by atoms with E-state index in [1.165, 1.54) is 0 Å². The predicted octanol–water partition coefficient (Wildman–Crippen LogP) is 1.84. The van der Waals surface area contributed by atoms with E-state index >= 15 is 0 Å². The Morgan fingerprint density at radius 1 is 1.39 bits per heavy atom. The van der Waals surface area contributed by atoms with Crippen molar-refractivity contribution in [3.05, 3.63) is 29.8 Å². The van der Waals surface area contributed by atoms with Gasteiger partial charge in [-0.05, 0) is 37.8 Å². The summed E-state index contributed by atoms with van der Waals surface area (Å²) in [5.74, 6) is 0. The van der Waals surface area contributed by atoms with Gasteiger partial charge in [-0.1, -0.05) is 18.2 Å². The minimum atomic E-state index is -3.39. The van der Waals surface area contributed by atoms with Gasteiger partial charge in [0, 0.05) is 13.2 Å². The van der Waals surface area contributed by atoms with Crippen molar-refractivity contribution < 1.29 is 13.2 Å². The van der Waals surface area contributed by atoms with Gasteiger partial charge in [0.1, 0.15) is 0 Å². The molecule has 18 heavy (non-hydrogen) atoms. The SMILES string of the molecule is Cc1ccccc1S(=O)(=O)NCCC1CCCO1. The van der Waals surface area contributed by atoms with Gasteiger partial charge in [-0.15, -0.1) is 0 Å². The summed E-state index contributed by atoms with van der Waals surface area (Å²) in [5.41, 5.74) is 0.766. The van der Waals surface area contributed by atoms with E-state index in [0.717, 1.165) is 31.4 Å². The second-order valence-electron chi connectivity index (χ2n) is 4.59. The fraction of sp³-hybridized carbons (Fsp3) is 0.538. The molecule has 4 nitrogen and oxygen atoms in total. The number of nitrogens with one attached hydrogen (secondary N) is 1. The quantitative estimate of drug-likeness (QED) is 0.887. The Kier molecular flexibility index (Phi) is 4.37. The lowest BCUT2D eigenvalue weighted by atomic mass is 10.2.